The number of nitrogens with zero attached hydrogens (tertiary/aromatic N) is 1. The van der Waals surface area contributed by atoms with Gasteiger partial charge in [0.25, 0.3) is 0 Å². The zero-order chi connectivity index (χ0) is 13.2. The summed E-state index contributed by atoms with van der Waals surface area (Å²) in [5, 5.41) is 3.14. The van der Waals surface area contributed by atoms with Gasteiger partial charge >= 0.3 is 0 Å². The van der Waals surface area contributed by atoms with Crippen molar-refractivity contribution in [2.24, 2.45) is 5.92 Å². The van der Waals surface area contributed by atoms with E-state index in [-0.39, 0.29) is 30.0 Å². The van der Waals surface area contributed by atoms with Crippen molar-refractivity contribution in [3.05, 3.63) is 35.6 Å². The lowest BCUT2D eigenvalue weighted by Gasteiger charge is -2.32. The Hall–Kier alpha value is -1.13. The molecule has 1 aromatic carbocycles. The summed E-state index contributed by atoms with van der Waals surface area (Å²) in [5.41, 5.74) is 0.963. The van der Waals surface area contributed by atoms with Crippen LogP contribution in [0.4, 0.5) is 4.39 Å². The number of hydrogen-bond acceptors (Lipinski definition) is 2. The third-order valence-corrected chi connectivity index (χ3v) is 3.93. The van der Waals surface area contributed by atoms with Gasteiger partial charge in [0, 0.05) is 25.7 Å². The van der Waals surface area contributed by atoms with Crippen LogP contribution in [0.15, 0.2) is 24.3 Å². The Morgan fingerprint density at radius 2 is 2.10 bits per heavy atom. The number of amides is 1. The lowest BCUT2D eigenvalue weighted by Crippen LogP contribution is -2.52. The fourth-order valence-electron chi connectivity index (χ4n) is 2.50. The highest BCUT2D eigenvalue weighted by Gasteiger charge is 2.37. The Morgan fingerprint density at radius 1 is 1.35 bits per heavy atom. The van der Waals surface area contributed by atoms with Crippen molar-refractivity contribution >= 4 is 18.3 Å². The Morgan fingerprint density at radius 3 is 2.65 bits per heavy atom. The van der Waals surface area contributed by atoms with Crippen molar-refractivity contribution in [1.29, 1.82) is 0 Å². The van der Waals surface area contributed by atoms with E-state index >= 15 is 0 Å². The first-order valence-corrected chi connectivity index (χ1v) is 6.99. The first-order valence-electron chi connectivity index (χ1n) is 6.99. The molecule has 0 spiro atoms. The molecule has 0 bridgehead atoms. The van der Waals surface area contributed by atoms with Crippen molar-refractivity contribution in [3.8, 4) is 0 Å². The van der Waals surface area contributed by atoms with Crippen LogP contribution in [0.2, 0.25) is 0 Å². The van der Waals surface area contributed by atoms with E-state index in [0.717, 1.165) is 37.9 Å². The van der Waals surface area contributed by atoms with E-state index in [1.54, 1.807) is 12.1 Å². The van der Waals surface area contributed by atoms with Crippen molar-refractivity contribution in [1.82, 2.24) is 10.2 Å². The highest BCUT2D eigenvalue weighted by Crippen LogP contribution is 2.29. The van der Waals surface area contributed by atoms with Crippen LogP contribution in [-0.2, 0) is 11.2 Å². The van der Waals surface area contributed by atoms with Gasteiger partial charge in [-0.1, -0.05) is 12.1 Å². The van der Waals surface area contributed by atoms with Gasteiger partial charge in [-0.05, 0) is 37.0 Å². The molecule has 0 atom stereocenters. The standard InChI is InChI=1S/C15H19FN2O.ClH/c16-13-3-1-2-11(8-13)6-7-18(14-4-5-14)15(19)12-9-17-10-12;/h1-3,8,12,14,17H,4-7,9-10H2;1H. The van der Waals surface area contributed by atoms with Crippen LogP contribution < -0.4 is 5.32 Å². The van der Waals surface area contributed by atoms with Gasteiger partial charge in [-0.25, -0.2) is 4.39 Å². The normalized spacial score (nSPS) is 18.1. The van der Waals surface area contributed by atoms with Crippen molar-refractivity contribution in [2.75, 3.05) is 19.6 Å². The third-order valence-electron chi connectivity index (χ3n) is 3.93. The van der Waals surface area contributed by atoms with Gasteiger partial charge in [-0.15, -0.1) is 12.4 Å². The smallest absolute Gasteiger partial charge is 0.228 e. The summed E-state index contributed by atoms with van der Waals surface area (Å²) in [7, 11) is 0. The number of nitrogens with one attached hydrogen (secondary N) is 1. The van der Waals surface area contributed by atoms with Crippen LogP contribution in [0.1, 0.15) is 18.4 Å². The molecule has 3 nitrogen and oxygen atoms in total. The monoisotopic (exact) mass is 298 g/mol. The maximum Gasteiger partial charge on any atom is 0.228 e. The van der Waals surface area contributed by atoms with Crippen molar-refractivity contribution in [3.63, 3.8) is 0 Å². The van der Waals surface area contributed by atoms with Gasteiger partial charge in [-0.2, -0.15) is 0 Å². The zero-order valence-electron chi connectivity index (χ0n) is 11.3. The highest BCUT2D eigenvalue weighted by molar-refractivity contribution is 5.85. The molecule has 3 rings (SSSR count). The maximum absolute atomic E-state index is 13.1. The Balaban J connectivity index is 0.00000147. The van der Waals surface area contributed by atoms with E-state index in [2.05, 4.69) is 5.32 Å². The Kier molecular flexibility index (Phi) is 5.00. The molecule has 110 valence electrons. The van der Waals surface area contributed by atoms with E-state index in [4.69, 9.17) is 0 Å². The zero-order valence-corrected chi connectivity index (χ0v) is 12.2. The average Bonchev–Trinajstić information content (AvgIpc) is 3.11. The number of rotatable bonds is 5. The van der Waals surface area contributed by atoms with E-state index in [9.17, 15) is 9.18 Å². The van der Waals surface area contributed by atoms with E-state index in [1.165, 1.54) is 6.07 Å². The third kappa shape index (κ3) is 3.49. The Bertz CT molecular complexity index is 475. The molecule has 0 aromatic heterocycles. The Labute approximate surface area is 124 Å². The largest absolute Gasteiger partial charge is 0.339 e. The fourth-order valence-corrected chi connectivity index (χ4v) is 2.50. The lowest BCUT2D eigenvalue weighted by atomic mass is 10.0. The molecule has 2 fully saturated rings. The van der Waals surface area contributed by atoms with Gasteiger partial charge in [0.1, 0.15) is 5.82 Å². The number of carbonyl (C=O) groups is 1. The first kappa shape index (κ1) is 15.3. The summed E-state index contributed by atoms with van der Waals surface area (Å²) in [6, 6.07) is 7.09. The summed E-state index contributed by atoms with van der Waals surface area (Å²) in [5.74, 6) is 0.232. The SMILES string of the molecule is Cl.O=C(C1CNC1)N(CCc1cccc(F)c1)C1CC1. The van der Waals surface area contributed by atoms with Crippen LogP contribution in [0.25, 0.3) is 0 Å². The summed E-state index contributed by atoms with van der Waals surface area (Å²) >= 11 is 0. The predicted molar refractivity (Wildman–Crippen MR) is 78.4 cm³/mol. The first-order chi connectivity index (χ1) is 9.24. The maximum atomic E-state index is 13.1. The van der Waals surface area contributed by atoms with Gasteiger partial charge < -0.3 is 10.2 Å². The average molecular weight is 299 g/mol. The number of benzene rings is 1. The minimum atomic E-state index is -0.204. The summed E-state index contributed by atoms with van der Waals surface area (Å²) in [4.78, 5) is 14.3. The molecular weight excluding hydrogens is 279 g/mol. The van der Waals surface area contributed by atoms with Crippen LogP contribution in [-0.4, -0.2) is 36.5 Å². The van der Waals surface area contributed by atoms with Crippen LogP contribution in [0.5, 0.6) is 0 Å². The molecule has 1 N–H and O–H groups in total. The van der Waals surface area contributed by atoms with E-state index in [0.29, 0.717) is 12.6 Å². The molecule has 1 saturated carbocycles. The van der Waals surface area contributed by atoms with Gasteiger partial charge in [-0.3, -0.25) is 4.79 Å². The van der Waals surface area contributed by atoms with Crippen LogP contribution in [0.3, 0.4) is 0 Å². The molecule has 1 aliphatic carbocycles. The molecule has 1 heterocycles. The molecule has 0 unspecified atom stereocenters. The minimum Gasteiger partial charge on any atom is -0.339 e. The summed E-state index contributed by atoms with van der Waals surface area (Å²) in [6.45, 7) is 2.33. The van der Waals surface area contributed by atoms with E-state index < -0.39 is 0 Å². The number of hydrogen-bond donors (Lipinski definition) is 1. The number of carbonyl (C=O) groups excluding carboxylic acids is 1. The quantitative estimate of drug-likeness (QED) is 0.902. The lowest BCUT2D eigenvalue weighted by molar-refractivity contribution is -0.137. The highest BCUT2D eigenvalue weighted by atomic mass is 35.5. The van der Waals surface area contributed by atoms with Gasteiger partial charge in [0.2, 0.25) is 5.91 Å². The number of halogens is 2. The second kappa shape index (κ2) is 6.55. The molecule has 1 saturated heterocycles. The molecule has 1 aliphatic heterocycles. The molecule has 2 aliphatic rings. The van der Waals surface area contributed by atoms with Crippen molar-refractivity contribution < 1.29 is 9.18 Å². The molecule has 20 heavy (non-hydrogen) atoms. The van der Waals surface area contributed by atoms with Crippen molar-refractivity contribution in [2.45, 2.75) is 25.3 Å². The van der Waals surface area contributed by atoms with Gasteiger partial charge in [0.15, 0.2) is 0 Å². The summed E-state index contributed by atoms with van der Waals surface area (Å²) in [6.07, 6.45) is 2.98. The summed E-state index contributed by atoms with van der Waals surface area (Å²) < 4.78 is 13.1. The van der Waals surface area contributed by atoms with Gasteiger partial charge in [0.05, 0.1) is 5.92 Å². The topological polar surface area (TPSA) is 32.3 Å². The second-order valence-electron chi connectivity index (χ2n) is 5.50. The fraction of sp³-hybridized carbons (Fsp3) is 0.533. The molecule has 0 radical (unpaired) electrons. The molecule has 5 heteroatoms. The van der Waals surface area contributed by atoms with Crippen LogP contribution in [0, 0.1) is 11.7 Å². The second-order valence-corrected chi connectivity index (χ2v) is 5.50. The predicted octanol–water partition coefficient (Wildman–Crippen LogP) is 2.00. The molecule has 1 aromatic rings. The molecular formula is C15H20ClFN2O. The van der Waals surface area contributed by atoms with Crippen LogP contribution >= 0.6 is 12.4 Å². The molecule has 1 amide bonds. The van der Waals surface area contributed by atoms with E-state index in [1.807, 2.05) is 11.0 Å². The minimum absolute atomic E-state index is 0.